The Labute approximate surface area is 215 Å². The van der Waals surface area contributed by atoms with Crippen LogP contribution in [0.15, 0.2) is 53.0 Å². The van der Waals surface area contributed by atoms with Crippen molar-refractivity contribution in [3.63, 3.8) is 0 Å². The molecule has 0 saturated carbocycles. The molecule has 0 N–H and O–H groups in total. The summed E-state index contributed by atoms with van der Waals surface area (Å²) < 4.78 is 0. The molecule has 3 heterocycles. The number of anilines is 1. The number of thioether (sulfide) groups is 1. The first-order valence-electron chi connectivity index (χ1n) is 12.9. The number of hydrogen-bond acceptors (Lipinski definition) is 7. The monoisotopic (exact) mass is 496 g/mol. The van der Waals surface area contributed by atoms with Crippen LogP contribution in [0.25, 0.3) is 0 Å². The fourth-order valence-electron chi connectivity index (χ4n) is 4.32. The Hall–Kier alpha value is -2.61. The second-order valence-corrected chi connectivity index (χ2v) is 10.0. The van der Waals surface area contributed by atoms with Crippen molar-refractivity contribution in [3.05, 3.63) is 48.5 Å². The molecular weight excluding hydrogens is 456 g/mol. The number of hydrazone groups is 1. The zero-order valence-corrected chi connectivity index (χ0v) is 22.3. The highest BCUT2D eigenvalue weighted by atomic mass is 32.2. The number of allylic oxidation sites excluding steroid dienone is 5. The number of carbonyl (C=O) groups excluding carboxylic acids is 1. The molecule has 1 aromatic heterocycles. The van der Waals surface area contributed by atoms with Crippen LogP contribution in [-0.4, -0.2) is 70.0 Å². The molecule has 190 valence electrons. The van der Waals surface area contributed by atoms with Gasteiger partial charge in [0.25, 0.3) is 0 Å². The minimum absolute atomic E-state index is 0.227. The molecule has 1 amide bonds. The Balaban J connectivity index is 1.45. The largest absolute Gasteiger partial charge is 0.353 e. The quantitative estimate of drug-likeness (QED) is 0.185. The Kier molecular flexibility index (Phi) is 11.3. The first-order chi connectivity index (χ1) is 17.2. The maximum Gasteiger partial charge on any atom is 0.222 e. The third-order valence-corrected chi connectivity index (χ3v) is 7.75. The fourth-order valence-corrected chi connectivity index (χ4v) is 5.48. The Bertz CT molecular complexity index is 920. The SMILES string of the molecule is C/C=N\N(/C=C/C=C\C=C/CC)CCCC(=O)N1CCN(c2ncnc3c2CCC(CC)S3)CC1. The lowest BCUT2D eigenvalue weighted by atomic mass is 10.1. The topological polar surface area (TPSA) is 64.9 Å². The third-order valence-electron chi connectivity index (χ3n) is 6.27. The van der Waals surface area contributed by atoms with E-state index in [1.807, 2.05) is 59.1 Å². The van der Waals surface area contributed by atoms with Crippen molar-refractivity contribution in [2.45, 2.75) is 69.6 Å². The Morgan fingerprint density at radius 1 is 1.17 bits per heavy atom. The second-order valence-electron chi connectivity index (χ2n) is 8.74. The van der Waals surface area contributed by atoms with Crippen molar-refractivity contribution in [1.29, 1.82) is 0 Å². The summed E-state index contributed by atoms with van der Waals surface area (Å²) in [5.74, 6) is 1.30. The molecule has 0 bridgehead atoms. The van der Waals surface area contributed by atoms with E-state index in [2.05, 4.69) is 39.9 Å². The lowest BCUT2D eigenvalue weighted by Gasteiger charge is -2.37. The van der Waals surface area contributed by atoms with Gasteiger partial charge < -0.3 is 9.80 Å². The van der Waals surface area contributed by atoms with Gasteiger partial charge in [0.2, 0.25) is 5.91 Å². The Morgan fingerprint density at radius 3 is 2.71 bits per heavy atom. The van der Waals surface area contributed by atoms with Gasteiger partial charge in [0.1, 0.15) is 17.2 Å². The van der Waals surface area contributed by atoms with Crippen LogP contribution in [0.4, 0.5) is 5.82 Å². The van der Waals surface area contributed by atoms with E-state index in [0.717, 1.165) is 56.3 Å². The van der Waals surface area contributed by atoms with Crippen molar-refractivity contribution in [1.82, 2.24) is 19.9 Å². The lowest BCUT2D eigenvalue weighted by Crippen LogP contribution is -2.49. The van der Waals surface area contributed by atoms with E-state index in [9.17, 15) is 4.79 Å². The molecule has 0 spiro atoms. The maximum absolute atomic E-state index is 12.8. The second kappa shape index (κ2) is 14.7. The van der Waals surface area contributed by atoms with Gasteiger partial charge in [0.05, 0.1) is 0 Å². The predicted molar refractivity (Wildman–Crippen MR) is 147 cm³/mol. The van der Waals surface area contributed by atoms with Gasteiger partial charge in [-0.1, -0.05) is 38.2 Å². The van der Waals surface area contributed by atoms with Crippen LogP contribution >= 0.6 is 11.8 Å². The molecule has 1 unspecified atom stereocenters. The molecule has 8 heteroatoms. The molecule has 0 aliphatic carbocycles. The Morgan fingerprint density at radius 2 is 1.97 bits per heavy atom. The maximum atomic E-state index is 12.8. The molecule has 1 saturated heterocycles. The van der Waals surface area contributed by atoms with Crippen LogP contribution in [0.2, 0.25) is 0 Å². The van der Waals surface area contributed by atoms with Crippen molar-refractivity contribution in [2.24, 2.45) is 5.10 Å². The molecule has 1 aromatic rings. The number of fused-ring (bicyclic) bond motifs is 1. The van der Waals surface area contributed by atoms with E-state index in [0.29, 0.717) is 18.2 Å². The van der Waals surface area contributed by atoms with Gasteiger partial charge in [-0.25, -0.2) is 9.97 Å². The number of nitrogens with zero attached hydrogens (tertiary/aromatic N) is 6. The van der Waals surface area contributed by atoms with Crippen molar-refractivity contribution < 1.29 is 4.79 Å². The van der Waals surface area contributed by atoms with Crippen molar-refractivity contribution in [2.75, 3.05) is 37.6 Å². The third kappa shape index (κ3) is 8.23. The first-order valence-corrected chi connectivity index (χ1v) is 13.8. The number of piperazine rings is 1. The average Bonchev–Trinajstić information content (AvgIpc) is 2.90. The smallest absolute Gasteiger partial charge is 0.222 e. The number of hydrogen-bond donors (Lipinski definition) is 0. The van der Waals surface area contributed by atoms with E-state index < -0.39 is 0 Å². The highest BCUT2D eigenvalue weighted by Gasteiger charge is 2.27. The van der Waals surface area contributed by atoms with Crippen molar-refractivity contribution in [3.8, 4) is 0 Å². The number of rotatable bonds is 11. The molecule has 7 nitrogen and oxygen atoms in total. The van der Waals surface area contributed by atoms with Gasteiger partial charge in [-0.05, 0) is 45.1 Å². The zero-order valence-electron chi connectivity index (χ0n) is 21.5. The van der Waals surface area contributed by atoms with Crippen LogP contribution in [0.5, 0.6) is 0 Å². The number of aromatic nitrogens is 2. The summed E-state index contributed by atoms with van der Waals surface area (Å²) in [6.07, 6.45) is 21.3. The molecular formula is C27H40N6OS. The van der Waals surface area contributed by atoms with E-state index in [-0.39, 0.29) is 5.91 Å². The normalized spacial score (nSPS) is 18.9. The molecule has 0 radical (unpaired) electrons. The van der Waals surface area contributed by atoms with Crippen LogP contribution in [0.1, 0.15) is 58.4 Å². The lowest BCUT2D eigenvalue weighted by molar-refractivity contribution is -0.131. The van der Waals surface area contributed by atoms with Crippen LogP contribution in [0, 0.1) is 0 Å². The van der Waals surface area contributed by atoms with Gasteiger partial charge in [0, 0.05) is 62.4 Å². The van der Waals surface area contributed by atoms with Gasteiger partial charge in [-0.3, -0.25) is 9.80 Å². The minimum atomic E-state index is 0.227. The zero-order chi connectivity index (χ0) is 24.9. The predicted octanol–water partition coefficient (Wildman–Crippen LogP) is 5.07. The summed E-state index contributed by atoms with van der Waals surface area (Å²) >= 11 is 1.90. The molecule has 2 aliphatic rings. The highest BCUT2D eigenvalue weighted by molar-refractivity contribution is 8.00. The van der Waals surface area contributed by atoms with E-state index in [4.69, 9.17) is 0 Å². The molecule has 2 aliphatic heterocycles. The summed E-state index contributed by atoms with van der Waals surface area (Å²) in [7, 11) is 0. The number of amides is 1. The number of carbonyl (C=O) groups is 1. The highest BCUT2D eigenvalue weighted by Crippen LogP contribution is 2.38. The minimum Gasteiger partial charge on any atom is -0.353 e. The summed E-state index contributed by atoms with van der Waals surface area (Å²) in [6, 6.07) is 0. The van der Waals surface area contributed by atoms with Gasteiger partial charge in [-0.2, -0.15) is 5.10 Å². The van der Waals surface area contributed by atoms with E-state index >= 15 is 0 Å². The van der Waals surface area contributed by atoms with E-state index in [1.165, 1.54) is 18.4 Å². The van der Waals surface area contributed by atoms with Gasteiger partial charge >= 0.3 is 0 Å². The van der Waals surface area contributed by atoms with Crippen LogP contribution in [0.3, 0.4) is 0 Å². The standard InChI is InChI=1S/C27H40N6OS/c1-4-7-8-9-10-11-16-33(30-6-3)17-12-13-25(34)31-18-20-32(21-19-31)26-24-15-14-23(5-2)35-27(24)29-22-28-26/h6-11,16,22-23H,4-5,12-15,17-21H2,1-3H3/b8-7-,10-9-,16-11+,30-6-. The summed E-state index contributed by atoms with van der Waals surface area (Å²) in [5, 5.41) is 8.07. The molecule has 1 atom stereocenters. The molecule has 1 fully saturated rings. The van der Waals surface area contributed by atoms with Gasteiger partial charge in [-0.15, -0.1) is 11.8 Å². The summed E-state index contributed by atoms with van der Waals surface area (Å²) in [4.78, 5) is 26.3. The van der Waals surface area contributed by atoms with E-state index in [1.54, 1.807) is 12.5 Å². The molecule has 3 rings (SSSR count). The molecule has 0 aromatic carbocycles. The van der Waals surface area contributed by atoms with Crippen LogP contribution < -0.4 is 4.90 Å². The van der Waals surface area contributed by atoms with Crippen LogP contribution in [-0.2, 0) is 11.2 Å². The first kappa shape index (κ1) is 27.0. The molecule has 35 heavy (non-hydrogen) atoms. The fraction of sp³-hybridized carbons (Fsp3) is 0.556. The summed E-state index contributed by atoms with van der Waals surface area (Å²) in [5.41, 5.74) is 1.29. The average molecular weight is 497 g/mol. The van der Waals surface area contributed by atoms with Gasteiger partial charge in [0.15, 0.2) is 0 Å². The summed E-state index contributed by atoms with van der Waals surface area (Å²) in [6.45, 7) is 10.1. The van der Waals surface area contributed by atoms with Crippen molar-refractivity contribution >= 4 is 29.7 Å².